The van der Waals surface area contributed by atoms with E-state index in [0.717, 1.165) is 37.7 Å². The molecule has 0 rings (SSSR count). The van der Waals surface area contributed by atoms with Gasteiger partial charge in [0, 0.05) is 25.8 Å². The SMILES string of the molecule is C=C(CCCCCCCCCCCCCCCCC)ON(CCC=O)CCOC(=O)CCCCCCCCCCCCCCCCC. The highest BCUT2D eigenvalue weighted by Crippen LogP contribution is 2.17. The van der Waals surface area contributed by atoms with E-state index >= 15 is 0 Å². The lowest BCUT2D eigenvalue weighted by Gasteiger charge is -2.22. The molecule has 0 saturated heterocycles. The van der Waals surface area contributed by atoms with E-state index in [9.17, 15) is 9.59 Å². The summed E-state index contributed by atoms with van der Waals surface area (Å²) >= 11 is 0. The second-order valence-corrected chi connectivity index (χ2v) is 14.1. The molecule has 0 unspecified atom stereocenters. The molecule has 0 spiro atoms. The Morgan fingerprint density at radius 1 is 0.511 bits per heavy atom. The van der Waals surface area contributed by atoms with Gasteiger partial charge in [0.05, 0.1) is 6.54 Å². The molecule has 5 nitrogen and oxygen atoms in total. The Bertz CT molecular complexity index is 667. The maximum absolute atomic E-state index is 12.2. The second kappa shape index (κ2) is 39.1. The van der Waals surface area contributed by atoms with E-state index in [-0.39, 0.29) is 12.6 Å². The average molecular weight is 664 g/mol. The van der Waals surface area contributed by atoms with E-state index in [1.54, 1.807) is 5.06 Å². The van der Waals surface area contributed by atoms with Crippen molar-refractivity contribution in [1.82, 2.24) is 5.06 Å². The molecule has 0 aliphatic rings. The fourth-order valence-corrected chi connectivity index (χ4v) is 6.30. The average Bonchev–Trinajstić information content (AvgIpc) is 3.07. The van der Waals surface area contributed by atoms with Crippen LogP contribution in [0.3, 0.4) is 0 Å². The number of unbranched alkanes of at least 4 members (excludes halogenated alkanes) is 28. The Hall–Kier alpha value is -1.36. The zero-order valence-electron chi connectivity index (χ0n) is 31.8. The minimum Gasteiger partial charge on any atom is -0.464 e. The van der Waals surface area contributed by atoms with Crippen molar-refractivity contribution in [3.8, 4) is 0 Å². The lowest BCUT2D eigenvalue weighted by Crippen LogP contribution is -2.29. The van der Waals surface area contributed by atoms with Gasteiger partial charge in [-0.3, -0.25) is 4.79 Å². The summed E-state index contributed by atoms with van der Waals surface area (Å²) < 4.78 is 5.47. The number of rotatable bonds is 40. The van der Waals surface area contributed by atoms with E-state index in [1.165, 1.54) is 173 Å². The van der Waals surface area contributed by atoms with Crippen LogP contribution >= 0.6 is 0 Å². The van der Waals surface area contributed by atoms with Crippen molar-refractivity contribution in [3.63, 3.8) is 0 Å². The molecular formula is C42H81NO4. The number of allylic oxidation sites excluding steroid dienone is 1. The van der Waals surface area contributed by atoms with Gasteiger partial charge in [-0.05, 0) is 12.8 Å². The highest BCUT2D eigenvalue weighted by molar-refractivity contribution is 5.69. The van der Waals surface area contributed by atoms with E-state index in [4.69, 9.17) is 9.57 Å². The second-order valence-electron chi connectivity index (χ2n) is 14.1. The summed E-state index contributed by atoms with van der Waals surface area (Å²) in [5, 5.41) is 1.73. The Kier molecular flexibility index (Phi) is 38.0. The van der Waals surface area contributed by atoms with Gasteiger partial charge in [0.2, 0.25) is 0 Å². The number of nitrogens with zero attached hydrogens (tertiary/aromatic N) is 1. The number of carbonyl (C=O) groups is 2. The number of aldehydes is 1. The zero-order valence-corrected chi connectivity index (χ0v) is 31.8. The Labute approximate surface area is 293 Å². The smallest absolute Gasteiger partial charge is 0.305 e. The van der Waals surface area contributed by atoms with Crippen LogP contribution in [0, 0.1) is 0 Å². The van der Waals surface area contributed by atoms with Crippen molar-refractivity contribution in [2.24, 2.45) is 0 Å². The first-order valence-corrected chi connectivity index (χ1v) is 20.8. The summed E-state index contributed by atoms with van der Waals surface area (Å²) in [6.45, 7) is 9.87. The monoisotopic (exact) mass is 664 g/mol. The summed E-state index contributed by atoms with van der Waals surface area (Å²) in [6.07, 6.45) is 42.6. The largest absolute Gasteiger partial charge is 0.464 e. The lowest BCUT2D eigenvalue weighted by atomic mass is 10.0. The fraction of sp³-hybridized carbons (Fsp3) is 0.905. The van der Waals surface area contributed by atoms with Crippen molar-refractivity contribution >= 4 is 12.3 Å². The topological polar surface area (TPSA) is 55.8 Å². The van der Waals surface area contributed by atoms with Crippen molar-refractivity contribution in [1.29, 1.82) is 0 Å². The summed E-state index contributed by atoms with van der Waals surface area (Å²) in [5.41, 5.74) is 0. The van der Waals surface area contributed by atoms with Crippen LogP contribution in [0.4, 0.5) is 0 Å². The third-order valence-corrected chi connectivity index (χ3v) is 9.40. The van der Waals surface area contributed by atoms with Crippen molar-refractivity contribution in [3.05, 3.63) is 12.3 Å². The number of hydrogen-bond acceptors (Lipinski definition) is 5. The van der Waals surface area contributed by atoms with E-state index in [1.807, 2.05) is 0 Å². The molecule has 0 radical (unpaired) electrons. The molecule has 0 fully saturated rings. The molecule has 0 heterocycles. The van der Waals surface area contributed by atoms with Gasteiger partial charge in [-0.2, -0.15) is 0 Å². The van der Waals surface area contributed by atoms with Crippen LogP contribution in [0.1, 0.15) is 226 Å². The van der Waals surface area contributed by atoms with Crippen molar-refractivity contribution in [2.45, 2.75) is 226 Å². The predicted molar refractivity (Wildman–Crippen MR) is 203 cm³/mol. The summed E-state index contributed by atoms with van der Waals surface area (Å²) in [7, 11) is 0. The predicted octanol–water partition coefficient (Wildman–Crippen LogP) is 13.4. The van der Waals surface area contributed by atoms with Crippen LogP contribution in [-0.4, -0.2) is 37.0 Å². The summed E-state index contributed by atoms with van der Waals surface area (Å²) in [5.74, 6) is 0.599. The number of esters is 1. The molecule has 278 valence electrons. The molecule has 0 N–H and O–H groups in total. The third kappa shape index (κ3) is 37.3. The third-order valence-electron chi connectivity index (χ3n) is 9.40. The summed E-state index contributed by atoms with van der Waals surface area (Å²) in [6, 6.07) is 0. The molecule has 0 amide bonds. The van der Waals surface area contributed by atoms with Gasteiger partial charge >= 0.3 is 5.97 Å². The standard InChI is InChI=1S/C42H81NO4/c1-4-6-8-10-12-14-16-18-20-22-24-26-28-30-32-35-41(3)47-43(37-34-39-44)38-40-46-42(45)36-33-31-29-27-25-23-21-19-17-15-13-11-9-7-5-2/h39H,3-38,40H2,1-2H3. The van der Waals surface area contributed by atoms with Gasteiger partial charge in [0.15, 0.2) is 0 Å². The number of hydroxylamine groups is 2. The molecule has 0 bridgehead atoms. The van der Waals surface area contributed by atoms with E-state index in [2.05, 4.69) is 20.4 Å². The molecule has 0 aliphatic heterocycles. The van der Waals surface area contributed by atoms with Crippen LogP contribution < -0.4 is 0 Å². The molecule has 0 saturated carbocycles. The van der Waals surface area contributed by atoms with Gasteiger partial charge in [-0.15, -0.1) is 5.06 Å². The number of hydrogen-bond donors (Lipinski definition) is 0. The van der Waals surface area contributed by atoms with Gasteiger partial charge in [0.25, 0.3) is 0 Å². The normalized spacial score (nSPS) is 11.3. The molecule has 5 heteroatoms. The van der Waals surface area contributed by atoms with Gasteiger partial charge in [-0.1, -0.05) is 200 Å². The van der Waals surface area contributed by atoms with Crippen molar-refractivity contribution in [2.75, 3.05) is 19.7 Å². The quantitative estimate of drug-likeness (QED) is 0.0215. The minimum absolute atomic E-state index is 0.133. The van der Waals surface area contributed by atoms with E-state index < -0.39 is 0 Å². The van der Waals surface area contributed by atoms with Gasteiger partial charge < -0.3 is 14.4 Å². The van der Waals surface area contributed by atoms with Gasteiger partial charge in [-0.25, -0.2) is 0 Å². The molecular weight excluding hydrogens is 582 g/mol. The Morgan fingerprint density at radius 2 is 0.851 bits per heavy atom. The van der Waals surface area contributed by atoms with Crippen LogP contribution in [-0.2, 0) is 19.2 Å². The number of ether oxygens (including phenoxy) is 1. The summed E-state index contributed by atoms with van der Waals surface area (Å²) in [4.78, 5) is 29.1. The molecule has 0 aliphatic carbocycles. The molecule has 0 atom stereocenters. The maximum atomic E-state index is 12.2. The molecule has 0 aromatic heterocycles. The zero-order chi connectivity index (χ0) is 34.3. The van der Waals surface area contributed by atoms with Crippen LogP contribution in [0.5, 0.6) is 0 Å². The van der Waals surface area contributed by atoms with E-state index in [0.29, 0.717) is 25.9 Å². The fourth-order valence-electron chi connectivity index (χ4n) is 6.30. The Morgan fingerprint density at radius 3 is 1.21 bits per heavy atom. The molecule has 0 aromatic rings. The first kappa shape index (κ1) is 45.6. The van der Waals surface area contributed by atoms with Crippen molar-refractivity contribution < 1.29 is 19.2 Å². The lowest BCUT2D eigenvalue weighted by molar-refractivity contribution is -0.154. The number of carbonyl (C=O) groups excluding carboxylic acids is 2. The Balaban J connectivity index is 3.67. The first-order chi connectivity index (χ1) is 23.1. The van der Waals surface area contributed by atoms with Crippen LogP contribution in [0.25, 0.3) is 0 Å². The minimum atomic E-state index is -0.133. The van der Waals surface area contributed by atoms with Crippen LogP contribution in [0.15, 0.2) is 12.3 Å². The van der Waals surface area contributed by atoms with Crippen LogP contribution in [0.2, 0.25) is 0 Å². The highest BCUT2D eigenvalue weighted by atomic mass is 16.7. The highest BCUT2D eigenvalue weighted by Gasteiger charge is 2.10. The van der Waals surface area contributed by atoms with Gasteiger partial charge in [0.1, 0.15) is 18.7 Å². The first-order valence-electron chi connectivity index (χ1n) is 20.8. The molecule has 47 heavy (non-hydrogen) atoms. The maximum Gasteiger partial charge on any atom is 0.305 e. The molecule has 0 aromatic carbocycles.